The fourth-order valence-corrected chi connectivity index (χ4v) is 3.35. The molecule has 0 aliphatic heterocycles. The van der Waals surface area contributed by atoms with Gasteiger partial charge in [0, 0.05) is 23.3 Å². The van der Waals surface area contributed by atoms with Crippen LogP contribution in [0.25, 0.3) is 17.2 Å². The quantitative estimate of drug-likeness (QED) is 0.531. The van der Waals surface area contributed by atoms with Crippen molar-refractivity contribution in [3.63, 3.8) is 0 Å². The van der Waals surface area contributed by atoms with Crippen molar-refractivity contribution in [2.75, 3.05) is 19.5 Å². The van der Waals surface area contributed by atoms with Crippen LogP contribution in [0.3, 0.4) is 0 Å². The van der Waals surface area contributed by atoms with E-state index in [0.29, 0.717) is 28.1 Å². The lowest BCUT2D eigenvalue weighted by molar-refractivity contribution is 0.355. The normalized spacial score (nSPS) is 10.7. The Labute approximate surface area is 165 Å². The number of para-hydroxylation sites is 1. The molecule has 2 aromatic carbocycles. The number of nitrogens with zero attached hydrogens (tertiary/aromatic N) is 5. The van der Waals surface area contributed by atoms with Crippen molar-refractivity contribution in [3.05, 3.63) is 54.2 Å². The zero-order chi connectivity index (χ0) is 19.5. The first-order valence-electron chi connectivity index (χ1n) is 8.50. The molecule has 2 aromatic heterocycles. The summed E-state index contributed by atoms with van der Waals surface area (Å²) in [5.74, 6) is 1.84. The lowest BCUT2D eigenvalue weighted by atomic mass is 10.3. The van der Waals surface area contributed by atoms with Crippen molar-refractivity contribution < 1.29 is 9.47 Å². The summed E-state index contributed by atoms with van der Waals surface area (Å²) >= 11 is 1.26. The Morgan fingerprint density at radius 1 is 1.00 bits per heavy atom. The second-order valence-electron chi connectivity index (χ2n) is 5.89. The lowest BCUT2D eigenvalue weighted by Crippen LogP contribution is -1.98. The van der Waals surface area contributed by atoms with E-state index in [1.807, 2.05) is 55.5 Å². The minimum absolute atomic E-state index is 0.535. The highest BCUT2D eigenvalue weighted by atomic mass is 32.1. The Bertz CT molecular complexity index is 1090. The molecule has 142 valence electrons. The molecule has 0 unspecified atom stereocenters. The average molecular weight is 394 g/mol. The van der Waals surface area contributed by atoms with E-state index < -0.39 is 0 Å². The van der Waals surface area contributed by atoms with Gasteiger partial charge in [-0.05, 0) is 31.2 Å². The zero-order valence-corrected chi connectivity index (χ0v) is 16.4. The summed E-state index contributed by atoms with van der Waals surface area (Å²) in [6, 6.07) is 15.4. The topological polar surface area (TPSA) is 87.0 Å². The van der Waals surface area contributed by atoms with E-state index >= 15 is 0 Å². The van der Waals surface area contributed by atoms with Gasteiger partial charge in [-0.2, -0.15) is 9.36 Å². The van der Waals surface area contributed by atoms with Crippen LogP contribution in [0.2, 0.25) is 0 Å². The second kappa shape index (κ2) is 7.65. The molecule has 0 fully saturated rings. The molecule has 0 spiro atoms. The van der Waals surface area contributed by atoms with Crippen LogP contribution in [0.1, 0.15) is 5.69 Å². The third-order valence-corrected chi connectivity index (χ3v) is 4.80. The summed E-state index contributed by atoms with van der Waals surface area (Å²) in [5, 5.41) is 12.4. The molecule has 0 radical (unpaired) electrons. The Kier molecular flexibility index (Phi) is 4.90. The van der Waals surface area contributed by atoms with Gasteiger partial charge in [0.1, 0.15) is 0 Å². The highest BCUT2D eigenvalue weighted by Crippen LogP contribution is 2.32. The van der Waals surface area contributed by atoms with Crippen molar-refractivity contribution in [2.45, 2.75) is 6.92 Å². The minimum Gasteiger partial charge on any atom is -0.493 e. The highest BCUT2D eigenvalue weighted by Gasteiger charge is 2.17. The van der Waals surface area contributed by atoms with Crippen molar-refractivity contribution >= 4 is 22.4 Å². The predicted molar refractivity (Wildman–Crippen MR) is 108 cm³/mol. The van der Waals surface area contributed by atoms with Gasteiger partial charge in [-0.1, -0.05) is 23.4 Å². The third kappa shape index (κ3) is 3.39. The van der Waals surface area contributed by atoms with Crippen LogP contribution in [0.15, 0.2) is 48.5 Å². The Morgan fingerprint density at radius 2 is 1.79 bits per heavy atom. The van der Waals surface area contributed by atoms with Gasteiger partial charge in [0.2, 0.25) is 5.13 Å². The zero-order valence-electron chi connectivity index (χ0n) is 15.6. The van der Waals surface area contributed by atoms with Gasteiger partial charge in [0.15, 0.2) is 23.0 Å². The highest BCUT2D eigenvalue weighted by molar-refractivity contribution is 7.09. The molecule has 8 nitrogen and oxygen atoms in total. The van der Waals surface area contributed by atoms with Crippen molar-refractivity contribution in [1.29, 1.82) is 0 Å². The van der Waals surface area contributed by atoms with E-state index in [2.05, 4.69) is 25.0 Å². The van der Waals surface area contributed by atoms with Crippen LogP contribution in [-0.2, 0) is 0 Å². The molecular weight excluding hydrogens is 376 g/mol. The van der Waals surface area contributed by atoms with Crippen LogP contribution in [0.4, 0.5) is 10.8 Å². The van der Waals surface area contributed by atoms with Gasteiger partial charge in [-0.25, -0.2) is 4.68 Å². The van der Waals surface area contributed by atoms with Gasteiger partial charge in [0.25, 0.3) is 0 Å². The van der Waals surface area contributed by atoms with Crippen LogP contribution in [-0.4, -0.2) is 38.6 Å². The monoisotopic (exact) mass is 394 g/mol. The van der Waals surface area contributed by atoms with Crippen LogP contribution in [0, 0.1) is 6.92 Å². The van der Waals surface area contributed by atoms with Crippen molar-refractivity contribution in [2.24, 2.45) is 0 Å². The first-order valence-corrected chi connectivity index (χ1v) is 9.28. The second-order valence-corrected chi connectivity index (χ2v) is 6.64. The molecule has 0 atom stereocenters. The third-order valence-electron chi connectivity index (χ3n) is 4.17. The minimum atomic E-state index is 0.535. The SMILES string of the molecule is COc1ccc(Nc2nc(-c3nnn(-c4ccccc4)c3C)ns2)cc1OC. The van der Waals surface area contributed by atoms with Gasteiger partial charge in [-0.3, -0.25) is 0 Å². The average Bonchev–Trinajstić information content (AvgIpc) is 3.34. The number of hydrogen-bond acceptors (Lipinski definition) is 8. The summed E-state index contributed by atoms with van der Waals surface area (Å²) in [4.78, 5) is 4.55. The summed E-state index contributed by atoms with van der Waals surface area (Å²) in [6.07, 6.45) is 0. The summed E-state index contributed by atoms with van der Waals surface area (Å²) in [6.45, 7) is 1.95. The molecule has 0 saturated heterocycles. The lowest BCUT2D eigenvalue weighted by Gasteiger charge is -2.09. The van der Waals surface area contributed by atoms with E-state index in [1.165, 1.54) is 11.5 Å². The molecule has 28 heavy (non-hydrogen) atoms. The maximum Gasteiger partial charge on any atom is 0.207 e. The maximum absolute atomic E-state index is 5.33. The molecule has 9 heteroatoms. The van der Waals surface area contributed by atoms with Crippen molar-refractivity contribution in [1.82, 2.24) is 24.4 Å². The fourth-order valence-electron chi connectivity index (χ4n) is 2.76. The van der Waals surface area contributed by atoms with Crippen LogP contribution in [0.5, 0.6) is 11.5 Å². The number of rotatable bonds is 6. The number of methoxy groups -OCH3 is 2. The molecule has 4 aromatic rings. The molecule has 4 rings (SSSR count). The van der Waals surface area contributed by atoms with Crippen molar-refractivity contribution in [3.8, 4) is 28.7 Å². The molecule has 0 aliphatic carbocycles. The number of anilines is 2. The number of aromatic nitrogens is 5. The summed E-state index contributed by atoms with van der Waals surface area (Å²) in [7, 11) is 3.20. The summed E-state index contributed by atoms with van der Waals surface area (Å²) in [5.41, 5.74) is 3.30. The van der Waals surface area contributed by atoms with Crippen LogP contribution < -0.4 is 14.8 Å². The molecule has 0 saturated carbocycles. The maximum atomic E-state index is 5.33. The fraction of sp³-hybridized carbons (Fsp3) is 0.158. The largest absolute Gasteiger partial charge is 0.493 e. The number of nitrogens with one attached hydrogen (secondary N) is 1. The van der Waals surface area contributed by atoms with E-state index in [4.69, 9.17) is 9.47 Å². The summed E-state index contributed by atoms with van der Waals surface area (Å²) < 4.78 is 16.8. The van der Waals surface area contributed by atoms with Crippen LogP contribution >= 0.6 is 11.5 Å². The van der Waals surface area contributed by atoms with E-state index in [0.717, 1.165) is 17.1 Å². The molecule has 0 aliphatic rings. The van der Waals surface area contributed by atoms with E-state index in [1.54, 1.807) is 18.9 Å². The first-order chi connectivity index (χ1) is 13.7. The number of benzene rings is 2. The Morgan fingerprint density at radius 3 is 2.54 bits per heavy atom. The Balaban J connectivity index is 1.58. The molecule has 0 amide bonds. The number of hydrogen-bond donors (Lipinski definition) is 1. The molecule has 1 N–H and O–H groups in total. The molecule has 0 bridgehead atoms. The van der Waals surface area contributed by atoms with Gasteiger partial charge >= 0.3 is 0 Å². The first kappa shape index (κ1) is 17.9. The molecular formula is C19H18N6O2S. The van der Waals surface area contributed by atoms with Gasteiger partial charge < -0.3 is 14.8 Å². The van der Waals surface area contributed by atoms with Gasteiger partial charge in [0.05, 0.1) is 25.6 Å². The number of ether oxygens (including phenoxy) is 2. The predicted octanol–water partition coefficient (Wildman–Crippen LogP) is 3.86. The Hall–Kier alpha value is -3.46. The smallest absolute Gasteiger partial charge is 0.207 e. The van der Waals surface area contributed by atoms with E-state index in [-0.39, 0.29) is 0 Å². The standard InChI is InChI=1S/C19H18N6O2S/c1-12-17(22-24-25(12)14-7-5-4-6-8-14)18-21-19(28-23-18)20-13-9-10-15(26-2)16(11-13)27-3/h4-11H,1-3H3,(H,20,21,23). The molecule has 2 heterocycles. The van der Waals surface area contributed by atoms with Gasteiger partial charge in [-0.15, -0.1) is 5.10 Å². The van der Waals surface area contributed by atoms with E-state index in [9.17, 15) is 0 Å².